The first-order valence-corrected chi connectivity index (χ1v) is 13.1. The number of carbonyl (C=O) groups is 2. The summed E-state index contributed by atoms with van der Waals surface area (Å²) in [6.45, 7) is 0. The Morgan fingerprint density at radius 1 is 0.971 bits per heavy atom. The van der Waals surface area contributed by atoms with E-state index in [1.807, 2.05) is 24.7 Å². The van der Waals surface area contributed by atoms with E-state index in [0.29, 0.717) is 37.9 Å². The number of aromatic nitrogens is 2. The summed E-state index contributed by atoms with van der Waals surface area (Å²) in [5.41, 5.74) is 2.60. The van der Waals surface area contributed by atoms with Crippen LogP contribution in [0.2, 0.25) is 0 Å². The minimum Gasteiger partial charge on any atom is -0.353 e. The molecule has 5 nitrogen and oxygen atoms in total. The zero-order chi connectivity index (χ0) is 24.3. The Morgan fingerprint density at radius 3 is 2.43 bits per heavy atom. The molecule has 5 aliphatic rings. The third-order valence-electron chi connectivity index (χ3n) is 9.58. The number of amides is 1. The van der Waals surface area contributed by atoms with Crippen LogP contribution >= 0.6 is 0 Å². The maximum absolute atomic E-state index is 13.9. The van der Waals surface area contributed by atoms with E-state index < -0.39 is 11.3 Å². The molecule has 0 saturated heterocycles. The number of imidazole rings is 1. The Hall–Kier alpha value is -2.57. The standard InChI is InChI=1S/C28H33F2N3O2/c29-28(30)10-6-19(7-11-28)32-25(35)27-9-3-8-26(12-14-27,13-15-27)24(34)16-22-20-4-1-2-5-21(20)23-17-31-18-33(22)23/h1-2,4-5,17-19,22H,3,6-16H2,(H,32,35). The van der Waals surface area contributed by atoms with Crippen molar-refractivity contribution in [1.29, 1.82) is 0 Å². The highest BCUT2D eigenvalue weighted by atomic mass is 19.3. The van der Waals surface area contributed by atoms with Crippen molar-refractivity contribution in [2.45, 2.75) is 95.1 Å². The number of hydrogen-bond acceptors (Lipinski definition) is 3. The molecule has 2 aromatic rings. The average Bonchev–Trinajstić information content (AvgIpc) is 3.31. The normalized spacial score (nSPS) is 31.4. The Labute approximate surface area is 204 Å². The summed E-state index contributed by atoms with van der Waals surface area (Å²) in [5.74, 6) is -2.25. The summed E-state index contributed by atoms with van der Waals surface area (Å²) >= 11 is 0. The molecule has 2 bridgehead atoms. The van der Waals surface area contributed by atoms with Crippen LogP contribution in [0.4, 0.5) is 8.78 Å². The maximum atomic E-state index is 13.9. The van der Waals surface area contributed by atoms with Crippen molar-refractivity contribution in [2.75, 3.05) is 0 Å². The minimum atomic E-state index is -2.59. The zero-order valence-electron chi connectivity index (χ0n) is 20.1. The lowest BCUT2D eigenvalue weighted by atomic mass is 9.62. The van der Waals surface area contributed by atoms with Gasteiger partial charge < -0.3 is 9.88 Å². The number of benzene rings is 1. The molecule has 2 heterocycles. The molecule has 7 rings (SSSR count). The number of halogens is 2. The topological polar surface area (TPSA) is 64.0 Å². The second-order valence-electron chi connectivity index (χ2n) is 11.4. The van der Waals surface area contributed by atoms with E-state index in [9.17, 15) is 18.4 Å². The van der Waals surface area contributed by atoms with Gasteiger partial charge in [0.05, 0.1) is 24.3 Å². The number of alkyl halides is 2. The van der Waals surface area contributed by atoms with Crippen LogP contribution in [0.3, 0.4) is 0 Å². The number of rotatable bonds is 5. The molecular weight excluding hydrogens is 448 g/mol. The summed E-state index contributed by atoms with van der Waals surface area (Å²) in [5, 5.41) is 3.12. The van der Waals surface area contributed by atoms with E-state index in [-0.39, 0.29) is 36.2 Å². The molecule has 1 aliphatic heterocycles. The number of carbonyl (C=O) groups excluding carboxylic acids is 2. The fourth-order valence-corrected chi connectivity index (χ4v) is 7.29. The molecule has 1 unspecified atom stereocenters. The van der Waals surface area contributed by atoms with Crippen LogP contribution in [0.5, 0.6) is 0 Å². The van der Waals surface area contributed by atoms with Crippen LogP contribution in [0.25, 0.3) is 11.3 Å². The number of nitrogens with one attached hydrogen (secondary N) is 1. The summed E-state index contributed by atoms with van der Waals surface area (Å²) in [4.78, 5) is 31.6. The van der Waals surface area contributed by atoms with Gasteiger partial charge in [-0.1, -0.05) is 30.7 Å². The van der Waals surface area contributed by atoms with Crippen molar-refractivity contribution < 1.29 is 18.4 Å². The van der Waals surface area contributed by atoms with Gasteiger partial charge in [0.15, 0.2) is 0 Å². The fraction of sp³-hybridized carbons (Fsp3) is 0.607. The highest BCUT2D eigenvalue weighted by Crippen LogP contribution is 2.56. The molecule has 7 heteroatoms. The Bertz CT molecular complexity index is 1140. The van der Waals surface area contributed by atoms with Gasteiger partial charge in [-0.05, 0) is 56.9 Å². The Balaban J connectivity index is 1.14. The lowest BCUT2D eigenvalue weighted by Gasteiger charge is -2.42. The van der Waals surface area contributed by atoms with E-state index in [2.05, 4.69) is 27.0 Å². The van der Waals surface area contributed by atoms with Gasteiger partial charge in [-0.2, -0.15) is 0 Å². The first kappa shape index (κ1) is 22.9. The average molecular weight is 482 g/mol. The van der Waals surface area contributed by atoms with Crippen molar-refractivity contribution >= 4 is 11.7 Å². The molecule has 0 spiro atoms. The van der Waals surface area contributed by atoms with Crippen molar-refractivity contribution in [3.63, 3.8) is 0 Å². The van der Waals surface area contributed by atoms with Crippen LogP contribution in [0.1, 0.15) is 88.7 Å². The van der Waals surface area contributed by atoms with Gasteiger partial charge in [0.1, 0.15) is 5.78 Å². The minimum absolute atomic E-state index is 0.0201. The Kier molecular flexibility index (Phi) is 5.38. The van der Waals surface area contributed by atoms with Crippen molar-refractivity contribution in [2.24, 2.45) is 10.8 Å². The SMILES string of the molecule is O=C(CC1c2ccccc2-c2cncn21)C12CCCC(C(=O)NC3CCC(F)(F)CC3)(CC1)CC2. The summed E-state index contributed by atoms with van der Waals surface area (Å²) in [6.07, 6.45) is 9.94. The van der Waals surface area contributed by atoms with Crippen molar-refractivity contribution in [3.05, 3.63) is 42.4 Å². The number of fused-ring (bicyclic) bond motifs is 7. The van der Waals surface area contributed by atoms with Crippen LogP contribution in [0.15, 0.2) is 36.8 Å². The first-order valence-electron chi connectivity index (χ1n) is 13.1. The van der Waals surface area contributed by atoms with Crippen LogP contribution in [-0.4, -0.2) is 33.2 Å². The summed E-state index contributed by atoms with van der Waals surface area (Å²) < 4.78 is 29.2. The first-order chi connectivity index (χ1) is 16.8. The van der Waals surface area contributed by atoms with Crippen molar-refractivity contribution in [1.82, 2.24) is 14.9 Å². The van der Waals surface area contributed by atoms with Gasteiger partial charge in [0.2, 0.25) is 11.8 Å². The van der Waals surface area contributed by atoms with Gasteiger partial charge in [-0.3, -0.25) is 9.59 Å². The largest absolute Gasteiger partial charge is 0.353 e. The number of Topliss-reactive ketones (excluding diaryl/α,β-unsaturated/α-hetero) is 1. The van der Waals surface area contributed by atoms with Crippen LogP contribution < -0.4 is 5.32 Å². The van der Waals surface area contributed by atoms with Gasteiger partial charge in [-0.25, -0.2) is 13.8 Å². The van der Waals surface area contributed by atoms with E-state index in [1.165, 1.54) is 5.56 Å². The highest BCUT2D eigenvalue weighted by Gasteiger charge is 2.53. The molecule has 1 N–H and O–H groups in total. The molecule has 0 radical (unpaired) electrons. The molecule has 4 saturated carbocycles. The molecule has 4 fully saturated rings. The zero-order valence-corrected chi connectivity index (χ0v) is 20.1. The molecule has 1 atom stereocenters. The molecule has 35 heavy (non-hydrogen) atoms. The third-order valence-corrected chi connectivity index (χ3v) is 9.58. The predicted molar refractivity (Wildman–Crippen MR) is 128 cm³/mol. The van der Waals surface area contributed by atoms with E-state index in [0.717, 1.165) is 43.4 Å². The van der Waals surface area contributed by atoms with E-state index >= 15 is 0 Å². The molecule has 1 aromatic heterocycles. The summed E-state index contributed by atoms with van der Waals surface area (Å²) in [6, 6.07) is 8.09. The van der Waals surface area contributed by atoms with Crippen LogP contribution in [-0.2, 0) is 9.59 Å². The highest BCUT2D eigenvalue weighted by molar-refractivity contribution is 5.88. The summed E-state index contributed by atoms with van der Waals surface area (Å²) in [7, 11) is 0. The van der Waals surface area contributed by atoms with Gasteiger partial charge in [0, 0.05) is 41.7 Å². The molecule has 186 valence electrons. The second-order valence-corrected chi connectivity index (χ2v) is 11.4. The third kappa shape index (κ3) is 3.82. The molecular formula is C28H33F2N3O2. The maximum Gasteiger partial charge on any atom is 0.248 e. The second kappa shape index (κ2) is 8.24. The monoisotopic (exact) mass is 481 g/mol. The molecule has 1 amide bonds. The fourth-order valence-electron chi connectivity index (χ4n) is 7.29. The molecule has 4 aliphatic carbocycles. The number of hydrogen-bond donors (Lipinski definition) is 1. The van der Waals surface area contributed by atoms with Crippen molar-refractivity contribution in [3.8, 4) is 11.3 Å². The lowest BCUT2D eigenvalue weighted by molar-refractivity contribution is -0.140. The molecule has 1 aromatic carbocycles. The quantitative estimate of drug-likeness (QED) is 0.584. The van der Waals surface area contributed by atoms with Gasteiger partial charge >= 0.3 is 0 Å². The number of ketones is 1. The van der Waals surface area contributed by atoms with Gasteiger partial charge in [-0.15, -0.1) is 0 Å². The van der Waals surface area contributed by atoms with E-state index in [1.54, 1.807) is 0 Å². The lowest BCUT2D eigenvalue weighted by Crippen LogP contribution is -2.49. The predicted octanol–water partition coefficient (Wildman–Crippen LogP) is 5.84. The van der Waals surface area contributed by atoms with Crippen LogP contribution in [0, 0.1) is 10.8 Å². The van der Waals surface area contributed by atoms with Gasteiger partial charge in [0.25, 0.3) is 0 Å². The number of nitrogens with zero attached hydrogens (tertiary/aromatic N) is 2. The smallest absolute Gasteiger partial charge is 0.248 e. The Morgan fingerprint density at radius 2 is 1.66 bits per heavy atom. The van der Waals surface area contributed by atoms with E-state index in [4.69, 9.17) is 0 Å².